The van der Waals surface area contributed by atoms with E-state index in [2.05, 4.69) is 5.32 Å². The Bertz CT molecular complexity index is 707. The Morgan fingerprint density at radius 1 is 1.10 bits per heavy atom. The summed E-state index contributed by atoms with van der Waals surface area (Å²) in [6.45, 7) is 0. The number of ether oxygens (including phenoxy) is 1. The first-order valence-corrected chi connectivity index (χ1v) is 6.85. The van der Waals surface area contributed by atoms with Crippen LogP contribution in [0.1, 0.15) is 10.4 Å². The number of nitrogens with one attached hydrogen (secondary N) is 1. The number of halogens is 4. The second-order valence-electron chi connectivity index (χ2n) is 4.05. The number of anilines is 1. The molecule has 0 atom stereocenters. The predicted molar refractivity (Wildman–Crippen MR) is 82.4 cm³/mol. The Labute approximate surface area is 135 Å². The largest absolute Gasteiger partial charge is 0.497 e. The molecule has 110 valence electrons. The zero-order valence-electron chi connectivity index (χ0n) is 10.7. The topological polar surface area (TPSA) is 38.3 Å². The van der Waals surface area contributed by atoms with E-state index < -0.39 is 11.7 Å². The molecule has 2 rings (SSSR count). The van der Waals surface area contributed by atoms with Crippen LogP contribution < -0.4 is 10.1 Å². The Balaban J connectivity index is 2.28. The van der Waals surface area contributed by atoms with Gasteiger partial charge in [0.15, 0.2) is 0 Å². The molecule has 0 heterocycles. The summed E-state index contributed by atoms with van der Waals surface area (Å²) in [6, 6.07) is 6.70. The number of hydrogen-bond acceptors (Lipinski definition) is 2. The van der Waals surface area contributed by atoms with Crippen molar-refractivity contribution in [2.45, 2.75) is 0 Å². The van der Waals surface area contributed by atoms with Crippen molar-refractivity contribution in [3.63, 3.8) is 0 Å². The number of rotatable bonds is 3. The lowest BCUT2D eigenvalue weighted by molar-refractivity contribution is 0.102. The third kappa shape index (κ3) is 3.59. The lowest BCUT2D eigenvalue weighted by atomic mass is 10.2. The zero-order chi connectivity index (χ0) is 15.6. The molecule has 0 aliphatic carbocycles. The number of benzene rings is 2. The third-order valence-electron chi connectivity index (χ3n) is 2.68. The van der Waals surface area contributed by atoms with Crippen molar-refractivity contribution in [2.24, 2.45) is 0 Å². The zero-order valence-corrected chi connectivity index (χ0v) is 13.0. The molecule has 2 aromatic carbocycles. The van der Waals surface area contributed by atoms with Gasteiger partial charge in [-0.1, -0.05) is 34.8 Å². The minimum Gasteiger partial charge on any atom is -0.497 e. The second-order valence-corrected chi connectivity index (χ2v) is 5.27. The molecule has 3 nitrogen and oxygen atoms in total. The van der Waals surface area contributed by atoms with Crippen LogP contribution in [0.15, 0.2) is 30.3 Å². The highest BCUT2D eigenvalue weighted by Crippen LogP contribution is 2.32. The molecule has 0 fully saturated rings. The monoisotopic (exact) mass is 347 g/mol. The molecule has 0 aliphatic heterocycles. The Morgan fingerprint density at radius 3 is 2.38 bits per heavy atom. The SMILES string of the molecule is COc1ccc(C(=O)Nc2cc(Cl)c(Cl)cc2Cl)c(F)c1. The van der Waals surface area contributed by atoms with Crippen molar-refractivity contribution in [3.8, 4) is 5.75 Å². The highest BCUT2D eigenvalue weighted by atomic mass is 35.5. The van der Waals surface area contributed by atoms with Crippen LogP contribution in [0.25, 0.3) is 0 Å². The summed E-state index contributed by atoms with van der Waals surface area (Å²) in [7, 11) is 1.41. The van der Waals surface area contributed by atoms with Crippen molar-refractivity contribution in [3.05, 3.63) is 56.8 Å². The molecule has 0 saturated heterocycles. The molecule has 0 spiro atoms. The molecule has 0 aromatic heterocycles. The van der Waals surface area contributed by atoms with Crippen molar-refractivity contribution in [1.29, 1.82) is 0 Å². The fourth-order valence-electron chi connectivity index (χ4n) is 1.61. The van der Waals surface area contributed by atoms with E-state index in [4.69, 9.17) is 39.5 Å². The van der Waals surface area contributed by atoms with Crippen molar-refractivity contribution in [2.75, 3.05) is 12.4 Å². The van der Waals surface area contributed by atoms with Crippen molar-refractivity contribution in [1.82, 2.24) is 0 Å². The van der Waals surface area contributed by atoms with Crippen molar-refractivity contribution < 1.29 is 13.9 Å². The van der Waals surface area contributed by atoms with E-state index in [1.54, 1.807) is 0 Å². The minimum atomic E-state index is -0.706. The standard InChI is InChI=1S/C14H9Cl3FNO2/c1-21-7-2-3-8(12(18)4-7)14(20)19-13-6-10(16)9(15)5-11(13)17/h2-6H,1H3,(H,19,20). The summed E-state index contributed by atoms with van der Waals surface area (Å²) in [5, 5.41) is 3.17. The highest BCUT2D eigenvalue weighted by Gasteiger charge is 2.15. The Kier molecular flexibility index (Phi) is 4.93. The molecular formula is C14H9Cl3FNO2. The lowest BCUT2D eigenvalue weighted by Gasteiger charge is -2.10. The smallest absolute Gasteiger partial charge is 0.258 e. The van der Waals surface area contributed by atoms with Gasteiger partial charge in [0.25, 0.3) is 5.91 Å². The maximum atomic E-state index is 13.8. The fourth-order valence-corrected chi connectivity index (χ4v) is 2.21. The molecular weight excluding hydrogens is 340 g/mol. The van der Waals surface area contributed by atoms with Gasteiger partial charge in [0, 0.05) is 6.07 Å². The Hall–Kier alpha value is -1.49. The molecule has 7 heteroatoms. The van der Waals surface area contributed by atoms with E-state index in [1.165, 1.54) is 31.4 Å². The third-order valence-corrected chi connectivity index (χ3v) is 3.71. The van der Waals surface area contributed by atoms with Gasteiger partial charge in [0.05, 0.1) is 33.4 Å². The van der Waals surface area contributed by atoms with Gasteiger partial charge >= 0.3 is 0 Å². The van der Waals surface area contributed by atoms with Gasteiger partial charge in [-0.05, 0) is 24.3 Å². The van der Waals surface area contributed by atoms with Crippen LogP contribution in [0.2, 0.25) is 15.1 Å². The van der Waals surface area contributed by atoms with Gasteiger partial charge in [-0.15, -0.1) is 0 Å². The Morgan fingerprint density at radius 2 is 1.76 bits per heavy atom. The van der Waals surface area contributed by atoms with Crippen LogP contribution in [-0.2, 0) is 0 Å². The van der Waals surface area contributed by atoms with Gasteiger partial charge in [0.2, 0.25) is 0 Å². The van der Waals surface area contributed by atoms with Crippen LogP contribution in [-0.4, -0.2) is 13.0 Å². The van der Waals surface area contributed by atoms with Crippen molar-refractivity contribution >= 4 is 46.4 Å². The van der Waals surface area contributed by atoms with Crippen LogP contribution >= 0.6 is 34.8 Å². The lowest BCUT2D eigenvalue weighted by Crippen LogP contribution is -2.14. The average Bonchev–Trinajstić information content (AvgIpc) is 2.44. The van der Waals surface area contributed by atoms with Gasteiger partial charge < -0.3 is 10.1 Å². The summed E-state index contributed by atoms with van der Waals surface area (Å²) in [6.07, 6.45) is 0. The van der Waals surface area contributed by atoms with E-state index in [0.717, 1.165) is 6.07 Å². The molecule has 0 unspecified atom stereocenters. The number of amides is 1. The molecule has 2 aromatic rings. The summed E-state index contributed by atoms with van der Waals surface area (Å²) < 4.78 is 18.7. The van der Waals surface area contributed by atoms with Crippen LogP contribution in [0.5, 0.6) is 5.75 Å². The van der Waals surface area contributed by atoms with Crippen LogP contribution in [0.4, 0.5) is 10.1 Å². The summed E-state index contributed by atoms with van der Waals surface area (Å²) in [4.78, 5) is 12.1. The van der Waals surface area contributed by atoms with Gasteiger partial charge in [-0.3, -0.25) is 4.79 Å². The molecule has 0 saturated carbocycles. The molecule has 0 radical (unpaired) electrons. The molecule has 1 N–H and O–H groups in total. The van der Waals surface area contributed by atoms with Gasteiger partial charge in [0.1, 0.15) is 11.6 Å². The number of hydrogen-bond donors (Lipinski definition) is 1. The summed E-state index contributed by atoms with van der Waals surface area (Å²) >= 11 is 17.6. The summed E-state index contributed by atoms with van der Waals surface area (Å²) in [5.41, 5.74) is 0.101. The normalized spacial score (nSPS) is 10.3. The molecule has 0 bridgehead atoms. The van der Waals surface area contributed by atoms with Gasteiger partial charge in [-0.25, -0.2) is 4.39 Å². The number of carbonyl (C=O) groups excluding carboxylic acids is 1. The molecule has 21 heavy (non-hydrogen) atoms. The maximum Gasteiger partial charge on any atom is 0.258 e. The first kappa shape index (κ1) is 15.9. The molecule has 1 amide bonds. The van der Waals surface area contributed by atoms with E-state index in [-0.39, 0.29) is 26.3 Å². The minimum absolute atomic E-state index is 0.141. The second kappa shape index (κ2) is 6.52. The average molecular weight is 349 g/mol. The van der Waals surface area contributed by atoms with Gasteiger partial charge in [-0.2, -0.15) is 0 Å². The van der Waals surface area contributed by atoms with Crippen LogP contribution in [0.3, 0.4) is 0 Å². The van der Waals surface area contributed by atoms with E-state index in [1.807, 2.05) is 0 Å². The fraction of sp³-hybridized carbons (Fsp3) is 0.0714. The number of carbonyl (C=O) groups is 1. The quantitative estimate of drug-likeness (QED) is 0.789. The predicted octanol–water partition coefficient (Wildman–Crippen LogP) is 5.05. The van der Waals surface area contributed by atoms with E-state index in [0.29, 0.717) is 5.75 Å². The van der Waals surface area contributed by atoms with Crippen LogP contribution in [0, 0.1) is 5.82 Å². The highest BCUT2D eigenvalue weighted by molar-refractivity contribution is 6.44. The van der Waals surface area contributed by atoms with E-state index in [9.17, 15) is 9.18 Å². The molecule has 0 aliphatic rings. The van der Waals surface area contributed by atoms with E-state index >= 15 is 0 Å². The first-order valence-electron chi connectivity index (χ1n) is 5.72. The summed E-state index contributed by atoms with van der Waals surface area (Å²) in [5.74, 6) is -1.05. The maximum absolute atomic E-state index is 13.8. The number of methoxy groups -OCH3 is 1. The first-order chi connectivity index (χ1) is 9.92.